The first kappa shape index (κ1) is 11.9. The zero-order chi connectivity index (χ0) is 13.0. The largest absolute Gasteiger partial charge is 0.398 e. The summed E-state index contributed by atoms with van der Waals surface area (Å²) in [5, 5.41) is 6.81. The Kier molecular flexibility index (Phi) is 3.42. The van der Waals surface area contributed by atoms with Crippen LogP contribution in [0.1, 0.15) is 16.2 Å². The summed E-state index contributed by atoms with van der Waals surface area (Å²) in [7, 11) is 0. The number of nitrogen functional groups attached to an aromatic ring is 1. The predicted molar refractivity (Wildman–Crippen MR) is 65.9 cm³/mol. The fourth-order valence-electron chi connectivity index (χ4n) is 1.50. The third kappa shape index (κ3) is 2.76. The Morgan fingerprint density at radius 1 is 1.44 bits per heavy atom. The maximum atomic E-state index is 11.1. The number of hydrogen-bond donors (Lipinski definition) is 3. The van der Waals surface area contributed by atoms with Crippen molar-refractivity contribution in [3.05, 3.63) is 36.0 Å². The second kappa shape index (κ2) is 5.17. The second-order valence-electron chi connectivity index (χ2n) is 3.69. The van der Waals surface area contributed by atoms with E-state index in [1.165, 1.54) is 6.39 Å². The summed E-state index contributed by atoms with van der Waals surface area (Å²) in [6.07, 6.45) is 1.90. The summed E-state index contributed by atoms with van der Waals surface area (Å²) in [6.45, 7) is 0.613. The Morgan fingerprint density at radius 2 is 2.28 bits per heavy atom. The van der Waals surface area contributed by atoms with Crippen molar-refractivity contribution < 1.29 is 9.32 Å². The van der Waals surface area contributed by atoms with Gasteiger partial charge in [-0.3, -0.25) is 4.79 Å². The van der Waals surface area contributed by atoms with E-state index in [0.29, 0.717) is 30.0 Å². The monoisotopic (exact) mass is 247 g/mol. The summed E-state index contributed by atoms with van der Waals surface area (Å²) in [5.74, 6) is 0.0717. The lowest BCUT2D eigenvalue weighted by molar-refractivity contribution is 0.100. The van der Waals surface area contributed by atoms with Crippen LogP contribution < -0.4 is 16.8 Å². The van der Waals surface area contributed by atoms with E-state index in [4.69, 9.17) is 11.5 Å². The maximum absolute atomic E-state index is 11.1. The van der Waals surface area contributed by atoms with Gasteiger partial charge in [0.1, 0.15) is 0 Å². The molecule has 0 fully saturated rings. The fourth-order valence-corrected chi connectivity index (χ4v) is 1.50. The zero-order valence-electron chi connectivity index (χ0n) is 9.59. The van der Waals surface area contributed by atoms with Crippen molar-refractivity contribution in [3.8, 4) is 0 Å². The minimum Gasteiger partial charge on any atom is -0.398 e. The van der Waals surface area contributed by atoms with E-state index in [1.807, 2.05) is 0 Å². The topological polar surface area (TPSA) is 120 Å². The molecule has 0 unspecified atom stereocenters. The van der Waals surface area contributed by atoms with Gasteiger partial charge in [0.25, 0.3) is 5.91 Å². The molecule has 7 heteroatoms. The number of primary amides is 1. The van der Waals surface area contributed by atoms with Crippen LogP contribution in [0.5, 0.6) is 0 Å². The molecule has 94 valence electrons. The molecule has 5 N–H and O–H groups in total. The zero-order valence-corrected chi connectivity index (χ0v) is 9.59. The van der Waals surface area contributed by atoms with Crippen molar-refractivity contribution in [1.82, 2.24) is 10.1 Å². The summed E-state index contributed by atoms with van der Waals surface area (Å²) >= 11 is 0. The minimum atomic E-state index is -0.547. The molecule has 1 heterocycles. The number of hydrogen-bond acceptors (Lipinski definition) is 6. The van der Waals surface area contributed by atoms with E-state index >= 15 is 0 Å². The van der Waals surface area contributed by atoms with Gasteiger partial charge < -0.3 is 21.3 Å². The molecular formula is C11H13N5O2. The van der Waals surface area contributed by atoms with E-state index in [-0.39, 0.29) is 0 Å². The number of nitrogens with two attached hydrogens (primary N) is 2. The molecule has 2 aromatic rings. The number of benzene rings is 1. The van der Waals surface area contributed by atoms with Crippen LogP contribution in [0.4, 0.5) is 11.4 Å². The van der Waals surface area contributed by atoms with Gasteiger partial charge in [0.2, 0.25) is 6.39 Å². The van der Waals surface area contributed by atoms with Crippen LogP contribution in [-0.2, 0) is 6.42 Å². The van der Waals surface area contributed by atoms with Crippen LogP contribution >= 0.6 is 0 Å². The predicted octanol–water partition coefficient (Wildman–Crippen LogP) is 0.405. The normalized spacial score (nSPS) is 10.2. The van der Waals surface area contributed by atoms with Crippen molar-refractivity contribution in [2.75, 3.05) is 17.6 Å². The fraction of sp³-hybridized carbons (Fsp3) is 0.182. The Morgan fingerprint density at radius 3 is 2.94 bits per heavy atom. The number of amides is 1. The molecule has 0 aliphatic rings. The lowest BCUT2D eigenvalue weighted by atomic mass is 10.1. The van der Waals surface area contributed by atoms with Gasteiger partial charge in [-0.05, 0) is 18.2 Å². The highest BCUT2D eigenvalue weighted by Gasteiger charge is 2.06. The smallest absolute Gasteiger partial charge is 0.250 e. The van der Waals surface area contributed by atoms with Gasteiger partial charge in [-0.25, -0.2) is 0 Å². The van der Waals surface area contributed by atoms with Gasteiger partial charge in [-0.1, -0.05) is 5.16 Å². The number of anilines is 2. The van der Waals surface area contributed by atoms with Crippen LogP contribution in [0.25, 0.3) is 0 Å². The molecule has 18 heavy (non-hydrogen) atoms. The molecule has 0 bridgehead atoms. The van der Waals surface area contributed by atoms with Gasteiger partial charge in [0.15, 0.2) is 5.82 Å². The van der Waals surface area contributed by atoms with Gasteiger partial charge >= 0.3 is 0 Å². The van der Waals surface area contributed by atoms with E-state index in [9.17, 15) is 4.79 Å². The summed E-state index contributed by atoms with van der Waals surface area (Å²) < 4.78 is 4.62. The number of nitrogens with one attached hydrogen (secondary N) is 1. The van der Waals surface area contributed by atoms with E-state index in [0.717, 1.165) is 5.69 Å². The van der Waals surface area contributed by atoms with Crippen LogP contribution in [-0.4, -0.2) is 22.6 Å². The molecule has 2 rings (SSSR count). The SMILES string of the molecule is NC(=O)c1cc(NCCc2ncon2)ccc1N. The first-order valence-electron chi connectivity index (χ1n) is 5.35. The third-order valence-corrected chi connectivity index (χ3v) is 2.40. The van der Waals surface area contributed by atoms with Crippen LogP contribution in [0.3, 0.4) is 0 Å². The lowest BCUT2D eigenvalue weighted by Crippen LogP contribution is -2.14. The molecule has 0 radical (unpaired) electrons. The molecule has 0 atom stereocenters. The highest BCUT2D eigenvalue weighted by Crippen LogP contribution is 2.17. The Hall–Kier alpha value is -2.57. The van der Waals surface area contributed by atoms with Crippen LogP contribution in [0.2, 0.25) is 0 Å². The van der Waals surface area contributed by atoms with Crippen molar-refractivity contribution >= 4 is 17.3 Å². The standard InChI is InChI=1S/C11H13N5O2/c12-9-2-1-7(5-8(9)11(13)17)14-4-3-10-15-6-18-16-10/h1-2,5-6,14H,3-4,12H2,(H2,13,17). The molecule has 1 amide bonds. The maximum Gasteiger partial charge on any atom is 0.250 e. The Bertz CT molecular complexity index is 538. The average Bonchev–Trinajstić information content (AvgIpc) is 2.84. The first-order chi connectivity index (χ1) is 8.66. The molecule has 0 aliphatic heterocycles. The van der Waals surface area contributed by atoms with Crippen molar-refractivity contribution in [2.24, 2.45) is 5.73 Å². The van der Waals surface area contributed by atoms with Crippen molar-refractivity contribution in [3.63, 3.8) is 0 Å². The second-order valence-corrected chi connectivity index (χ2v) is 3.69. The quantitative estimate of drug-likeness (QED) is 0.658. The first-order valence-corrected chi connectivity index (χ1v) is 5.35. The highest BCUT2D eigenvalue weighted by atomic mass is 16.5. The lowest BCUT2D eigenvalue weighted by Gasteiger charge is -2.07. The van der Waals surface area contributed by atoms with Crippen molar-refractivity contribution in [1.29, 1.82) is 0 Å². The number of rotatable bonds is 5. The summed E-state index contributed by atoms with van der Waals surface area (Å²) in [6, 6.07) is 5.03. The molecule has 0 spiro atoms. The third-order valence-electron chi connectivity index (χ3n) is 2.40. The number of carbonyl (C=O) groups excluding carboxylic acids is 1. The molecule has 0 saturated carbocycles. The van der Waals surface area contributed by atoms with Crippen LogP contribution in [0.15, 0.2) is 29.1 Å². The van der Waals surface area contributed by atoms with Gasteiger partial charge in [0, 0.05) is 24.3 Å². The average molecular weight is 247 g/mol. The summed E-state index contributed by atoms with van der Waals surface area (Å²) in [4.78, 5) is 15.0. The molecule has 0 saturated heterocycles. The van der Waals surface area contributed by atoms with E-state index < -0.39 is 5.91 Å². The minimum absolute atomic E-state index is 0.305. The Balaban J connectivity index is 1.97. The van der Waals surface area contributed by atoms with Gasteiger partial charge in [-0.2, -0.15) is 4.98 Å². The highest BCUT2D eigenvalue weighted by molar-refractivity contribution is 5.98. The van der Waals surface area contributed by atoms with Crippen LogP contribution in [0, 0.1) is 0 Å². The molecule has 1 aromatic carbocycles. The molecule has 1 aromatic heterocycles. The summed E-state index contributed by atoms with van der Waals surface area (Å²) in [5.41, 5.74) is 12.3. The molecule has 0 aliphatic carbocycles. The van der Waals surface area contributed by atoms with E-state index in [1.54, 1.807) is 18.2 Å². The van der Waals surface area contributed by atoms with Gasteiger partial charge in [-0.15, -0.1) is 0 Å². The Labute approximate surface area is 103 Å². The van der Waals surface area contributed by atoms with Gasteiger partial charge in [0.05, 0.1) is 5.56 Å². The van der Waals surface area contributed by atoms with E-state index in [2.05, 4.69) is 20.0 Å². The van der Waals surface area contributed by atoms with Crippen molar-refractivity contribution in [2.45, 2.75) is 6.42 Å². The number of carbonyl (C=O) groups is 1. The number of aromatic nitrogens is 2. The molecular weight excluding hydrogens is 234 g/mol. The number of nitrogens with zero attached hydrogens (tertiary/aromatic N) is 2. The molecule has 7 nitrogen and oxygen atoms in total.